The van der Waals surface area contributed by atoms with Crippen LogP contribution in [-0.4, -0.2) is 61.6 Å². The molecule has 1 fully saturated rings. The number of hydrogen-bond acceptors (Lipinski definition) is 5. The van der Waals surface area contributed by atoms with E-state index in [9.17, 15) is 4.79 Å². The highest BCUT2D eigenvalue weighted by molar-refractivity contribution is 14.0. The lowest BCUT2D eigenvalue weighted by atomic mass is 10.2. The standard InChI is InChI=1S/C20H26N6O2.HI/c1-28-17-7-3-2-6-16(17)24-20(21)23-11-9-19(27)26-14-12-25(13-15-26)18-8-4-5-10-22-18;/h2-8,10H,9,11-15H2,1H3,(H3,21,23,24);1H. The van der Waals surface area contributed by atoms with Crippen molar-refractivity contribution in [2.24, 2.45) is 10.7 Å². The van der Waals surface area contributed by atoms with Crippen molar-refractivity contribution in [1.82, 2.24) is 9.88 Å². The first-order valence-electron chi connectivity index (χ1n) is 9.31. The summed E-state index contributed by atoms with van der Waals surface area (Å²) < 4.78 is 5.27. The number of nitrogens with one attached hydrogen (secondary N) is 1. The van der Waals surface area contributed by atoms with Crippen LogP contribution >= 0.6 is 24.0 Å². The van der Waals surface area contributed by atoms with Crippen molar-refractivity contribution in [3.8, 4) is 5.75 Å². The molecule has 0 aliphatic carbocycles. The third-order valence-corrected chi connectivity index (χ3v) is 4.58. The Hall–Kier alpha value is -2.56. The summed E-state index contributed by atoms with van der Waals surface area (Å²) in [6, 6.07) is 13.3. The largest absolute Gasteiger partial charge is 0.495 e. The van der Waals surface area contributed by atoms with E-state index < -0.39 is 0 Å². The zero-order valence-electron chi connectivity index (χ0n) is 16.5. The molecule has 3 rings (SSSR count). The maximum absolute atomic E-state index is 12.4. The van der Waals surface area contributed by atoms with Crippen LogP contribution in [0.2, 0.25) is 0 Å². The van der Waals surface area contributed by atoms with E-state index in [0.717, 1.165) is 24.6 Å². The molecule has 0 saturated carbocycles. The summed E-state index contributed by atoms with van der Waals surface area (Å²) >= 11 is 0. The monoisotopic (exact) mass is 510 g/mol. The van der Waals surface area contributed by atoms with Gasteiger partial charge in [0, 0.05) is 38.8 Å². The third kappa shape index (κ3) is 6.48. The first kappa shape index (κ1) is 22.7. The lowest BCUT2D eigenvalue weighted by Crippen LogP contribution is -2.49. The van der Waals surface area contributed by atoms with Crippen molar-refractivity contribution >= 4 is 47.3 Å². The Labute approximate surface area is 188 Å². The molecule has 29 heavy (non-hydrogen) atoms. The van der Waals surface area contributed by atoms with Gasteiger partial charge in [0.15, 0.2) is 5.96 Å². The number of carbonyl (C=O) groups is 1. The number of piperazine rings is 1. The first-order valence-corrected chi connectivity index (χ1v) is 9.31. The van der Waals surface area contributed by atoms with Crippen molar-refractivity contribution in [3.63, 3.8) is 0 Å². The van der Waals surface area contributed by atoms with Crippen LogP contribution < -0.4 is 20.7 Å². The van der Waals surface area contributed by atoms with Crippen molar-refractivity contribution in [1.29, 1.82) is 0 Å². The van der Waals surface area contributed by atoms with Gasteiger partial charge in [-0.15, -0.1) is 24.0 Å². The molecular weight excluding hydrogens is 483 g/mol. The number of guanidine groups is 1. The van der Waals surface area contributed by atoms with Crippen LogP contribution in [0.25, 0.3) is 0 Å². The Morgan fingerprint density at radius 1 is 1.17 bits per heavy atom. The van der Waals surface area contributed by atoms with Crippen LogP contribution in [0.15, 0.2) is 53.7 Å². The van der Waals surface area contributed by atoms with E-state index in [-0.39, 0.29) is 35.8 Å². The molecule has 2 heterocycles. The molecule has 3 N–H and O–H groups in total. The number of benzene rings is 1. The number of ether oxygens (including phenoxy) is 1. The number of para-hydroxylation sites is 2. The summed E-state index contributed by atoms with van der Waals surface area (Å²) in [5.74, 6) is 1.99. The lowest BCUT2D eigenvalue weighted by Gasteiger charge is -2.35. The summed E-state index contributed by atoms with van der Waals surface area (Å²) in [6.07, 6.45) is 2.12. The number of hydrogen-bond donors (Lipinski definition) is 2. The van der Waals surface area contributed by atoms with E-state index in [1.54, 1.807) is 13.3 Å². The summed E-state index contributed by atoms with van der Waals surface area (Å²) in [5, 5.41) is 3.00. The predicted octanol–water partition coefficient (Wildman–Crippen LogP) is 2.17. The average Bonchev–Trinajstić information content (AvgIpc) is 2.75. The second-order valence-electron chi connectivity index (χ2n) is 6.40. The number of nitrogens with zero attached hydrogens (tertiary/aromatic N) is 4. The van der Waals surface area contributed by atoms with E-state index in [4.69, 9.17) is 10.5 Å². The number of pyridine rings is 1. The van der Waals surface area contributed by atoms with Crippen LogP contribution in [0.1, 0.15) is 6.42 Å². The van der Waals surface area contributed by atoms with Gasteiger partial charge in [-0.3, -0.25) is 9.79 Å². The summed E-state index contributed by atoms with van der Waals surface area (Å²) in [4.78, 5) is 25.1. The van der Waals surface area contributed by atoms with Crippen molar-refractivity contribution < 1.29 is 9.53 Å². The van der Waals surface area contributed by atoms with Gasteiger partial charge >= 0.3 is 0 Å². The van der Waals surface area contributed by atoms with Gasteiger partial charge in [-0.1, -0.05) is 18.2 Å². The molecule has 0 bridgehead atoms. The van der Waals surface area contributed by atoms with E-state index in [1.165, 1.54) is 0 Å². The number of aromatic nitrogens is 1. The molecular formula is C20H27IN6O2. The number of methoxy groups -OCH3 is 1. The highest BCUT2D eigenvalue weighted by Gasteiger charge is 2.21. The van der Waals surface area contributed by atoms with Gasteiger partial charge in [0.25, 0.3) is 0 Å². The molecule has 1 amide bonds. The fourth-order valence-electron chi connectivity index (χ4n) is 3.08. The summed E-state index contributed by atoms with van der Waals surface area (Å²) in [5.41, 5.74) is 6.66. The predicted molar refractivity (Wildman–Crippen MR) is 126 cm³/mol. The Balaban J connectivity index is 0.00000300. The van der Waals surface area contributed by atoms with Crippen LogP contribution in [0.3, 0.4) is 0 Å². The van der Waals surface area contributed by atoms with E-state index in [1.807, 2.05) is 47.4 Å². The molecule has 0 radical (unpaired) electrons. The summed E-state index contributed by atoms with van der Waals surface area (Å²) in [6.45, 7) is 3.28. The highest BCUT2D eigenvalue weighted by Crippen LogP contribution is 2.22. The Kier molecular flexibility index (Phi) is 8.97. The van der Waals surface area contributed by atoms with Crippen molar-refractivity contribution in [2.75, 3.05) is 50.1 Å². The lowest BCUT2D eigenvalue weighted by molar-refractivity contribution is -0.131. The molecule has 1 aromatic carbocycles. The fourth-order valence-corrected chi connectivity index (χ4v) is 3.08. The molecule has 1 aromatic heterocycles. The molecule has 9 heteroatoms. The third-order valence-electron chi connectivity index (χ3n) is 4.58. The Bertz CT molecular complexity index is 810. The number of anilines is 2. The van der Waals surface area contributed by atoms with Crippen molar-refractivity contribution in [2.45, 2.75) is 6.42 Å². The second kappa shape index (κ2) is 11.4. The minimum Gasteiger partial charge on any atom is -0.495 e. The zero-order valence-corrected chi connectivity index (χ0v) is 18.8. The van der Waals surface area contributed by atoms with Gasteiger partial charge in [0.05, 0.1) is 19.3 Å². The van der Waals surface area contributed by atoms with E-state index in [0.29, 0.717) is 31.8 Å². The van der Waals surface area contributed by atoms with Gasteiger partial charge in [0.1, 0.15) is 11.6 Å². The quantitative estimate of drug-likeness (QED) is 0.352. The number of nitrogens with two attached hydrogens (primary N) is 1. The van der Waals surface area contributed by atoms with Crippen LogP contribution in [0.4, 0.5) is 11.5 Å². The summed E-state index contributed by atoms with van der Waals surface area (Å²) in [7, 11) is 1.60. The average molecular weight is 510 g/mol. The molecule has 0 atom stereocenters. The molecule has 1 saturated heterocycles. The van der Waals surface area contributed by atoms with Crippen LogP contribution in [-0.2, 0) is 4.79 Å². The van der Waals surface area contributed by atoms with Gasteiger partial charge in [-0.2, -0.15) is 0 Å². The van der Waals surface area contributed by atoms with Gasteiger partial charge < -0.3 is 25.6 Å². The number of halogens is 1. The Morgan fingerprint density at radius 3 is 2.59 bits per heavy atom. The minimum atomic E-state index is 0. The number of amides is 1. The van der Waals surface area contributed by atoms with Crippen molar-refractivity contribution in [3.05, 3.63) is 48.7 Å². The molecule has 8 nitrogen and oxygen atoms in total. The molecule has 0 unspecified atom stereocenters. The first-order chi connectivity index (χ1) is 13.7. The molecule has 156 valence electrons. The topological polar surface area (TPSA) is 96.1 Å². The fraction of sp³-hybridized carbons (Fsp3) is 0.350. The maximum atomic E-state index is 12.4. The molecule has 2 aromatic rings. The number of rotatable bonds is 6. The molecule has 1 aliphatic rings. The minimum absolute atomic E-state index is 0. The van der Waals surface area contributed by atoms with E-state index in [2.05, 4.69) is 20.2 Å². The SMILES string of the molecule is COc1ccccc1NC(N)=NCCC(=O)N1CCN(c2ccccn2)CC1.I. The smallest absolute Gasteiger partial charge is 0.224 e. The highest BCUT2D eigenvalue weighted by atomic mass is 127. The molecule has 1 aliphatic heterocycles. The normalized spacial score (nSPS) is 14.2. The van der Waals surface area contributed by atoms with Gasteiger partial charge in [0.2, 0.25) is 5.91 Å². The zero-order chi connectivity index (χ0) is 19.8. The second-order valence-corrected chi connectivity index (χ2v) is 6.40. The number of aliphatic imine (C=N–C) groups is 1. The Morgan fingerprint density at radius 2 is 1.90 bits per heavy atom. The van der Waals surface area contributed by atoms with Crippen LogP contribution in [0.5, 0.6) is 5.75 Å². The number of carbonyl (C=O) groups excluding carboxylic acids is 1. The molecule has 0 spiro atoms. The van der Waals surface area contributed by atoms with Gasteiger partial charge in [-0.05, 0) is 24.3 Å². The van der Waals surface area contributed by atoms with Gasteiger partial charge in [-0.25, -0.2) is 4.98 Å². The van der Waals surface area contributed by atoms with Crippen LogP contribution in [0, 0.1) is 0 Å². The van der Waals surface area contributed by atoms with E-state index >= 15 is 0 Å². The maximum Gasteiger partial charge on any atom is 0.224 e.